The maximum Gasteiger partial charge on any atom is 0.350 e. The molecule has 8 heteroatoms. The molecule has 0 aromatic heterocycles. The first-order chi connectivity index (χ1) is 10.5. The van der Waals surface area contributed by atoms with Gasteiger partial charge in [0.05, 0.1) is 10.6 Å². The lowest BCUT2D eigenvalue weighted by Crippen LogP contribution is -2.16. The van der Waals surface area contributed by atoms with Gasteiger partial charge in [-0.15, -0.1) is 0 Å². The molecule has 22 heavy (non-hydrogen) atoms. The van der Waals surface area contributed by atoms with Gasteiger partial charge in [-0.1, -0.05) is 48.7 Å². The molecule has 0 bridgehead atoms. The van der Waals surface area contributed by atoms with Gasteiger partial charge >= 0.3 is 5.70 Å². The van der Waals surface area contributed by atoms with Crippen molar-refractivity contribution >= 4 is 28.9 Å². The van der Waals surface area contributed by atoms with Gasteiger partial charge in [0.1, 0.15) is 5.16 Å². The molecular formula is C14H15Cl2N3O3. The molecule has 118 valence electrons. The first-order valence-electron chi connectivity index (χ1n) is 6.76. The maximum absolute atomic E-state index is 11.3. The number of para-hydroxylation sites is 2. The van der Waals surface area contributed by atoms with Crippen molar-refractivity contribution in [3.8, 4) is 5.75 Å². The molecule has 0 saturated heterocycles. The molecule has 0 saturated carbocycles. The summed E-state index contributed by atoms with van der Waals surface area (Å²) in [6.45, 7) is 2.61. The Hall–Kier alpha value is -1.92. The fourth-order valence-corrected chi connectivity index (χ4v) is 2.25. The number of benzene rings is 1. The summed E-state index contributed by atoms with van der Waals surface area (Å²) >= 11 is 12.1. The van der Waals surface area contributed by atoms with Crippen LogP contribution in [0.15, 0.2) is 46.0 Å². The third kappa shape index (κ3) is 3.64. The van der Waals surface area contributed by atoms with Gasteiger partial charge < -0.3 is 15.4 Å². The van der Waals surface area contributed by atoms with E-state index in [-0.39, 0.29) is 16.1 Å². The monoisotopic (exact) mass is 343 g/mol. The highest BCUT2D eigenvalue weighted by Crippen LogP contribution is 2.36. The molecule has 0 unspecified atom stereocenters. The fourth-order valence-electron chi connectivity index (χ4n) is 1.84. The molecule has 2 rings (SSSR count). The van der Waals surface area contributed by atoms with Crippen molar-refractivity contribution < 1.29 is 9.66 Å². The number of rotatable bonds is 6. The fraction of sp³-hybridized carbons (Fsp3) is 0.286. The molecule has 0 fully saturated rings. The summed E-state index contributed by atoms with van der Waals surface area (Å²) in [5, 5.41) is 16.8. The Morgan fingerprint density at radius 1 is 1.41 bits per heavy atom. The Labute approximate surface area is 137 Å². The molecule has 1 aromatic rings. The number of hydrogen-bond acceptors (Lipinski definition) is 5. The SMILES string of the molecule is CCCCN/C(Cl)=C(Cl)\C(=C1/Nc2ccccc2O1)[N+](=O)[O-]. The highest BCUT2D eigenvalue weighted by atomic mass is 35.5. The summed E-state index contributed by atoms with van der Waals surface area (Å²) < 4.78 is 5.45. The zero-order valence-electron chi connectivity index (χ0n) is 11.9. The van der Waals surface area contributed by atoms with E-state index in [0.717, 1.165) is 12.8 Å². The first kappa shape index (κ1) is 16.5. The van der Waals surface area contributed by atoms with Gasteiger partial charge in [-0.3, -0.25) is 10.1 Å². The molecule has 1 heterocycles. The van der Waals surface area contributed by atoms with E-state index >= 15 is 0 Å². The summed E-state index contributed by atoms with van der Waals surface area (Å²) in [7, 11) is 0. The average Bonchev–Trinajstić information content (AvgIpc) is 2.90. The number of nitro groups is 1. The number of ether oxygens (including phenoxy) is 1. The molecule has 6 nitrogen and oxygen atoms in total. The van der Waals surface area contributed by atoms with Crippen LogP contribution < -0.4 is 15.4 Å². The van der Waals surface area contributed by atoms with Crippen LogP contribution in [0.5, 0.6) is 5.75 Å². The quantitative estimate of drug-likeness (QED) is 0.353. The third-order valence-electron chi connectivity index (χ3n) is 2.96. The lowest BCUT2D eigenvalue weighted by molar-refractivity contribution is -0.422. The second-order valence-corrected chi connectivity index (χ2v) is 5.32. The second-order valence-electron chi connectivity index (χ2n) is 4.57. The molecular weight excluding hydrogens is 329 g/mol. The molecule has 1 aliphatic heterocycles. The van der Waals surface area contributed by atoms with Gasteiger partial charge in [0.2, 0.25) is 0 Å². The van der Waals surface area contributed by atoms with Crippen LogP contribution in [-0.4, -0.2) is 11.5 Å². The highest BCUT2D eigenvalue weighted by molar-refractivity contribution is 6.40. The molecule has 0 amide bonds. The normalized spacial score (nSPS) is 16.1. The zero-order valence-corrected chi connectivity index (χ0v) is 13.4. The number of allylic oxidation sites excluding steroid dienone is 1. The summed E-state index contributed by atoms with van der Waals surface area (Å²) in [5.41, 5.74) is 0.225. The van der Waals surface area contributed by atoms with Crippen LogP contribution in [0.3, 0.4) is 0 Å². The van der Waals surface area contributed by atoms with E-state index in [2.05, 4.69) is 10.6 Å². The molecule has 2 N–H and O–H groups in total. The zero-order chi connectivity index (χ0) is 16.1. The van der Waals surface area contributed by atoms with Gasteiger partial charge in [-0.25, -0.2) is 0 Å². The maximum atomic E-state index is 11.3. The minimum atomic E-state index is -0.625. The molecule has 0 radical (unpaired) electrons. The van der Waals surface area contributed by atoms with E-state index in [1.807, 2.05) is 6.92 Å². The van der Waals surface area contributed by atoms with Crippen molar-refractivity contribution in [1.29, 1.82) is 0 Å². The van der Waals surface area contributed by atoms with Gasteiger partial charge in [0.25, 0.3) is 5.88 Å². The van der Waals surface area contributed by atoms with Crippen molar-refractivity contribution in [3.63, 3.8) is 0 Å². The van der Waals surface area contributed by atoms with E-state index in [1.54, 1.807) is 24.3 Å². The Bertz CT molecular complexity index is 617. The minimum Gasteiger partial charge on any atom is -0.433 e. The second kappa shape index (κ2) is 7.38. The molecule has 0 aliphatic carbocycles. The van der Waals surface area contributed by atoms with Crippen LogP contribution in [-0.2, 0) is 0 Å². The Kier molecular flexibility index (Phi) is 5.51. The predicted molar refractivity (Wildman–Crippen MR) is 86.4 cm³/mol. The van der Waals surface area contributed by atoms with Crippen LogP contribution >= 0.6 is 23.2 Å². The molecule has 1 aliphatic rings. The van der Waals surface area contributed by atoms with Crippen molar-refractivity contribution in [2.24, 2.45) is 0 Å². The standard InChI is InChI=1S/C14H15Cl2N3O3/c1-2-3-8-17-13(16)11(15)12(19(20)21)14-18-9-6-4-5-7-10(9)22-14/h4-7,17-18H,2-3,8H2,1H3/b13-11+,14-12-. The van der Waals surface area contributed by atoms with E-state index < -0.39 is 10.6 Å². The van der Waals surface area contributed by atoms with E-state index in [0.29, 0.717) is 18.0 Å². The van der Waals surface area contributed by atoms with Crippen LogP contribution in [0, 0.1) is 10.1 Å². The number of unbranched alkanes of at least 4 members (excludes halogenated alkanes) is 1. The minimum absolute atomic E-state index is 0.0238. The van der Waals surface area contributed by atoms with Crippen LogP contribution in [0.4, 0.5) is 5.69 Å². The van der Waals surface area contributed by atoms with Crippen LogP contribution in [0.25, 0.3) is 0 Å². The van der Waals surface area contributed by atoms with Crippen molar-refractivity contribution in [1.82, 2.24) is 5.32 Å². The summed E-state index contributed by atoms with van der Waals surface area (Å²) in [6.07, 6.45) is 1.85. The number of fused-ring (bicyclic) bond motifs is 1. The number of anilines is 1. The van der Waals surface area contributed by atoms with E-state index in [4.69, 9.17) is 27.9 Å². The average molecular weight is 344 g/mol. The Balaban J connectivity index is 2.30. The molecule has 0 atom stereocenters. The molecule has 0 spiro atoms. The lowest BCUT2D eigenvalue weighted by Gasteiger charge is -2.07. The Morgan fingerprint density at radius 2 is 2.14 bits per heavy atom. The molecule has 1 aromatic carbocycles. The van der Waals surface area contributed by atoms with Crippen LogP contribution in [0.2, 0.25) is 0 Å². The topological polar surface area (TPSA) is 76.4 Å². The van der Waals surface area contributed by atoms with Crippen molar-refractivity contribution in [2.45, 2.75) is 19.8 Å². The number of nitrogens with zero attached hydrogens (tertiary/aromatic N) is 1. The number of hydrogen-bond donors (Lipinski definition) is 2. The van der Waals surface area contributed by atoms with Crippen LogP contribution in [0.1, 0.15) is 19.8 Å². The third-order valence-corrected chi connectivity index (χ3v) is 3.74. The number of nitrogens with one attached hydrogen (secondary N) is 2. The largest absolute Gasteiger partial charge is 0.433 e. The van der Waals surface area contributed by atoms with Crippen molar-refractivity contribution in [3.05, 3.63) is 56.1 Å². The lowest BCUT2D eigenvalue weighted by atomic mass is 10.3. The first-order valence-corrected chi connectivity index (χ1v) is 7.52. The van der Waals surface area contributed by atoms with E-state index in [1.165, 1.54) is 0 Å². The summed E-state index contributed by atoms with van der Waals surface area (Å²) in [5.74, 6) is 0.447. The van der Waals surface area contributed by atoms with Gasteiger partial charge in [0, 0.05) is 6.54 Å². The number of halogens is 2. The Morgan fingerprint density at radius 3 is 2.77 bits per heavy atom. The van der Waals surface area contributed by atoms with Gasteiger partial charge in [-0.2, -0.15) is 0 Å². The van der Waals surface area contributed by atoms with Gasteiger partial charge in [0.15, 0.2) is 10.8 Å². The smallest absolute Gasteiger partial charge is 0.350 e. The highest BCUT2D eigenvalue weighted by Gasteiger charge is 2.31. The van der Waals surface area contributed by atoms with Gasteiger partial charge in [-0.05, 0) is 18.6 Å². The summed E-state index contributed by atoms with van der Waals surface area (Å²) in [6, 6.07) is 7.01. The van der Waals surface area contributed by atoms with Crippen molar-refractivity contribution in [2.75, 3.05) is 11.9 Å². The van der Waals surface area contributed by atoms with E-state index in [9.17, 15) is 10.1 Å². The predicted octanol–water partition coefficient (Wildman–Crippen LogP) is 3.97. The summed E-state index contributed by atoms with van der Waals surface area (Å²) in [4.78, 5) is 10.7.